The van der Waals surface area contributed by atoms with E-state index in [0.29, 0.717) is 0 Å². The van der Waals surface area contributed by atoms with Gasteiger partial charge in [0, 0.05) is 23.9 Å². The summed E-state index contributed by atoms with van der Waals surface area (Å²) in [5, 5.41) is 22.2. The van der Waals surface area contributed by atoms with Crippen LogP contribution in [0.3, 0.4) is 0 Å². The fourth-order valence-electron chi connectivity index (χ4n) is 3.54. The van der Waals surface area contributed by atoms with Gasteiger partial charge in [-0.1, -0.05) is 45.3 Å². The highest BCUT2D eigenvalue weighted by molar-refractivity contribution is 5.84. The molecule has 1 saturated carbocycles. The van der Waals surface area contributed by atoms with Gasteiger partial charge in [-0.2, -0.15) is 10.2 Å². The van der Waals surface area contributed by atoms with Crippen molar-refractivity contribution in [3.63, 3.8) is 0 Å². The van der Waals surface area contributed by atoms with E-state index in [2.05, 4.69) is 28.8 Å². The summed E-state index contributed by atoms with van der Waals surface area (Å²) < 4.78 is 1.71. The van der Waals surface area contributed by atoms with Gasteiger partial charge in [0.05, 0.1) is 11.4 Å². The number of hydrogen-bond donors (Lipinski definition) is 2. The first-order valence-electron chi connectivity index (χ1n) is 10.2. The first kappa shape index (κ1) is 22.2. The number of allylic oxidation sites excluding steroid dienone is 2. The van der Waals surface area contributed by atoms with Gasteiger partial charge in [0.2, 0.25) is 0 Å². The summed E-state index contributed by atoms with van der Waals surface area (Å²) >= 11 is 0. The molecule has 0 aromatic carbocycles. The first-order valence-corrected chi connectivity index (χ1v) is 10.2. The maximum absolute atomic E-state index is 10.2. The van der Waals surface area contributed by atoms with Crippen LogP contribution < -0.4 is 0 Å². The number of aryl methyl sites for hydroxylation is 2. The van der Waals surface area contributed by atoms with Crippen LogP contribution in [0.5, 0.6) is 0 Å². The summed E-state index contributed by atoms with van der Waals surface area (Å²) in [6.07, 6.45) is 7.91. The van der Waals surface area contributed by atoms with Crippen molar-refractivity contribution in [2.24, 2.45) is 13.0 Å². The minimum atomic E-state index is -0.947. The molecule has 1 fully saturated rings. The summed E-state index contributed by atoms with van der Waals surface area (Å²) in [7, 11) is 1.83. The van der Waals surface area contributed by atoms with Crippen molar-refractivity contribution in [3.05, 3.63) is 47.1 Å². The van der Waals surface area contributed by atoms with Gasteiger partial charge in [-0.25, -0.2) is 0 Å². The zero-order valence-corrected chi connectivity index (χ0v) is 18.6. The second-order valence-electron chi connectivity index (χ2n) is 8.38. The van der Waals surface area contributed by atoms with E-state index in [1.165, 1.54) is 25.7 Å². The Morgan fingerprint density at radius 1 is 1.43 bits per heavy atom. The molecule has 28 heavy (non-hydrogen) atoms. The minimum Gasteiger partial charge on any atom is -0.384 e. The molecule has 0 amide bonds. The van der Waals surface area contributed by atoms with E-state index >= 15 is 0 Å². The highest BCUT2D eigenvalue weighted by atomic mass is 16.3. The molecule has 0 aliphatic heterocycles. The van der Waals surface area contributed by atoms with Crippen LogP contribution in [0.4, 0.5) is 0 Å². The molecule has 5 nitrogen and oxygen atoms in total. The standard InChI is InChI=1S/C17H24N4O.C6H12/c1-8-12(16-15(10(2)3)11(4)18-19-16)13-9-14(17(5,6)22)21(7)20-13;1-2-3-6-4-5-6/h8-9,22H,2H2,1,3-7H3,(H,18,19);6H,2-5H2,1H3/b12-8-;. The van der Waals surface area contributed by atoms with Gasteiger partial charge in [0.15, 0.2) is 0 Å². The van der Waals surface area contributed by atoms with Crippen molar-refractivity contribution < 1.29 is 5.11 Å². The zero-order chi connectivity index (χ0) is 21.1. The third-order valence-electron chi connectivity index (χ3n) is 5.09. The second-order valence-corrected chi connectivity index (χ2v) is 8.38. The number of aliphatic hydroxyl groups is 1. The van der Waals surface area contributed by atoms with Crippen molar-refractivity contribution in [1.82, 2.24) is 20.0 Å². The lowest BCUT2D eigenvalue weighted by atomic mass is 9.98. The molecule has 1 aliphatic carbocycles. The average Bonchev–Trinajstić information content (AvgIpc) is 3.20. The Hall–Kier alpha value is -2.14. The molecule has 5 heteroatoms. The topological polar surface area (TPSA) is 66.7 Å². The predicted molar refractivity (Wildman–Crippen MR) is 117 cm³/mol. The molecule has 3 rings (SSSR count). The van der Waals surface area contributed by atoms with E-state index in [4.69, 9.17) is 0 Å². The van der Waals surface area contributed by atoms with E-state index < -0.39 is 5.60 Å². The molecule has 0 spiro atoms. The summed E-state index contributed by atoms with van der Waals surface area (Å²) in [6, 6.07) is 1.90. The number of rotatable bonds is 6. The molecule has 2 heterocycles. The van der Waals surface area contributed by atoms with E-state index in [0.717, 1.165) is 45.4 Å². The van der Waals surface area contributed by atoms with E-state index in [1.54, 1.807) is 18.5 Å². The predicted octanol–water partition coefficient (Wildman–Crippen LogP) is 5.36. The third-order valence-corrected chi connectivity index (χ3v) is 5.09. The van der Waals surface area contributed by atoms with E-state index in [-0.39, 0.29) is 0 Å². The quantitative estimate of drug-likeness (QED) is 0.704. The molecule has 0 atom stereocenters. The Morgan fingerprint density at radius 2 is 2.07 bits per heavy atom. The molecular formula is C23H36N4O. The molecule has 0 saturated heterocycles. The van der Waals surface area contributed by atoms with Crippen LogP contribution >= 0.6 is 0 Å². The monoisotopic (exact) mass is 384 g/mol. The normalized spacial score (nSPS) is 14.6. The highest BCUT2D eigenvalue weighted by Gasteiger charge is 2.24. The Labute approximate surface area is 169 Å². The zero-order valence-electron chi connectivity index (χ0n) is 18.6. The van der Waals surface area contributed by atoms with Gasteiger partial charge >= 0.3 is 0 Å². The maximum atomic E-state index is 10.2. The second kappa shape index (κ2) is 8.91. The van der Waals surface area contributed by atoms with Crippen LogP contribution in [0.1, 0.15) is 88.6 Å². The SMILES string of the molecule is C=C(C)c1c(/C(=C\C)c2cc(C(C)(C)O)n(C)n2)n[nH]c1C.CCCC1CC1. The largest absolute Gasteiger partial charge is 0.384 e. The number of aromatic nitrogens is 4. The highest BCUT2D eigenvalue weighted by Crippen LogP contribution is 2.33. The Balaban J connectivity index is 0.000000397. The van der Waals surface area contributed by atoms with Crippen molar-refractivity contribution >= 4 is 11.1 Å². The average molecular weight is 385 g/mol. The lowest BCUT2D eigenvalue weighted by molar-refractivity contribution is 0.0696. The lowest BCUT2D eigenvalue weighted by Gasteiger charge is -2.16. The number of nitrogens with zero attached hydrogens (tertiary/aromatic N) is 3. The fraction of sp³-hybridized carbons (Fsp3) is 0.565. The molecule has 0 radical (unpaired) electrons. The third kappa shape index (κ3) is 5.22. The molecule has 0 bridgehead atoms. The van der Waals surface area contributed by atoms with Crippen LogP contribution in [-0.2, 0) is 12.6 Å². The van der Waals surface area contributed by atoms with Crippen LogP contribution in [-0.4, -0.2) is 25.1 Å². The van der Waals surface area contributed by atoms with Crippen molar-refractivity contribution in [2.45, 2.75) is 72.8 Å². The summed E-state index contributed by atoms with van der Waals surface area (Å²) in [5.74, 6) is 1.15. The van der Waals surface area contributed by atoms with Crippen LogP contribution in [0.2, 0.25) is 0 Å². The number of aromatic amines is 1. The van der Waals surface area contributed by atoms with Crippen molar-refractivity contribution in [2.75, 3.05) is 0 Å². The fourth-order valence-corrected chi connectivity index (χ4v) is 3.54. The number of hydrogen-bond acceptors (Lipinski definition) is 3. The molecule has 2 N–H and O–H groups in total. The van der Waals surface area contributed by atoms with Gasteiger partial charge in [0.25, 0.3) is 0 Å². The van der Waals surface area contributed by atoms with E-state index in [9.17, 15) is 5.11 Å². The van der Waals surface area contributed by atoms with Crippen LogP contribution in [0.25, 0.3) is 11.1 Å². The lowest BCUT2D eigenvalue weighted by Crippen LogP contribution is -2.19. The molecule has 154 valence electrons. The van der Waals surface area contributed by atoms with Gasteiger partial charge in [0.1, 0.15) is 11.3 Å². The molecule has 1 aliphatic rings. The first-order chi connectivity index (χ1) is 13.1. The number of nitrogens with one attached hydrogen (secondary N) is 1. The maximum Gasteiger partial charge on any atom is 0.102 e. The Kier molecular flexibility index (Phi) is 7.05. The molecule has 0 unspecified atom stereocenters. The number of H-pyrrole nitrogens is 1. The van der Waals surface area contributed by atoms with Gasteiger partial charge < -0.3 is 5.11 Å². The van der Waals surface area contributed by atoms with E-state index in [1.807, 2.05) is 40.0 Å². The van der Waals surface area contributed by atoms with Gasteiger partial charge in [-0.05, 0) is 52.2 Å². The molecular weight excluding hydrogens is 348 g/mol. The van der Waals surface area contributed by atoms with Crippen molar-refractivity contribution in [3.8, 4) is 0 Å². The Morgan fingerprint density at radius 3 is 2.46 bits per heavy atom. The molecule has 2 aromatic rings. The Bertz CT molecular complexity index is 845. The minimum absolute atomic E-state index is 0.756. The van der Waals surface area contributed by atoms with Gasteiger partial charge in [-0.15, -0.1) is 0 Å². The smallest absolute Gasteiger partial charge is 0.102 e. The van der Waals surface area contributed by atoms with Crippen LogP contribution in [0.15, 0.2) is 18.7 Å². The summed E-state index contributed by atoms with van der Waals surface area (Å²) in [4.78, 5) is 0. The summed E-state index contributed by atoms with van der Waals surface area (Å²) in [6.45, 7) is 15.7. The summed E-state index contributed by atoms with van der Waals surface area (Å²) in [5.41, 5.74) is 5.32. The molecule has 2 aromatic heterocycles. The van der Waals surface area contributed by atoms with Crippen molar-refractivity contribution in [1.29, 1.82) is 0 Å². The van der Waals surface area contributed by atoms with Crippen LogP contribution in [0, 0.1) is 12.8 Å². The van der Waals surface area contributed by atoms with Gasteiger partial charge in [-0.3, -0.25) is 9.78 Å².